The molecule has 1 aliphatic carbocycles. The van der Waals surface area contributed by atoms with Crippen molar-refractivity contribution >= 4 is 68.3 Å². The van der Waals surface area contributed by atoms with Crippen molar-refractivity contribution in [3.63, 3.8) is 0 Å². The zero-order valence-corrected chi connectivity index (χ0v) is 21.4. The maximum Gasteiger partial charge on any atom is 0.153 e. The fourth-order valence-electron chi connectivity index (χ4n) is 4.59. The van der Waals surface area contributed by atoms with Gasteiger partial charge in [0.05, 0.1) is 20.3 Å². The molecule has 1 saturated carbocycles. The number of fused-ring (bicyclic) bond motifs is 1. The summed E-state index contributed by atoms with van der Waals surface area (Å²) >= 11 is 18.5. The molecular formula is C24H22Cl3N5OS. The molecule has 0 spiro atoms. The van der Waals surface area contributed by atoms with Gasteiger partial charge in [-0.25, -0.2) is 14.2 Å². The Morgan fingerprint density at radius 3 is 2.47 bits per heavy atom. The molecule has 5 rings (SSSR count). The molecule has 1 unspecified atom stereocenters. The molecule has 0 saturated heterocycles. The predicted molar refractivity (Wildman–Crippen MR) is 141 cm³/mol. The summed E-state index contributed by atoms with van der Waals surface area (Å²) in [5, 5.41) is 1.73. The summed E-state index contributed by atoms with van der Waals surface area (Å²) < 4.78 is 18.3. The Balaban J connectivity index is 1.51. The molecule has 176 valence electrons. The highest BCUT2D eigenvalue weighted by Gasteiger charge is 2.23. The molecule has 6 nitrogen and oxygen atoms in total. The molecule has 1 aliphatic rings. The van der Waals surface area contributed by atoms with Gasteiger partial charge in [-0.05, 0) is 55.2 Å². The lowest BCUT2D eigenvalue weighted by Gasteiger charge is -2.13. The van der Waals surface area contributed by atoms with E-state index in [9.17, 15) is 4.21 Å². The zero-order chi connectivity index (χ0) is 24.0. The Bertz CT molecular complexity index is 1410. The van der Waals surface area contributed by atoms with Crippen LogP contribution in [0.4, 0.5) is 11.5 Å². The first-order chi connectivity index (χ1) is 16.3. The lowest BCUT2D eigenvalue weighted by atomic mass is 10.0. The molecule has 2 aromatic carbocycles. The van der Waals surface area contributed by atoms with Gasteiger partial charge in [-0.1, -0.05) is 53.7 Å². The van der Waals surface area contributed by atoms with Gasteiger partial charge in [0.25, 0.3) is 0 Å². The molecule has 0 amide bonds. The molecule has 0 bridgehead atoms. The first-order valence-electron chi connectivity index (χ1n) is 10.9. The number of aryl methyl sites for hydroxylation is 1. The molecule has 34 heavy (non-hydrogen) atoms. The number of hydrogen-bond acceptors (Lipinski definition) is 4. The van der Waals surface area contributed by atoms with Crippen molar-refractivity contribution in [3.05, 3.63) is 63.5 Å². The lowest BCUT2D eigenvalue weighted by Crippen LogP contribution is -2.07. The van der Waals surface area contributed by atoms with E-state index >= 15 is 0 Å². The van der Waals surface area contributed by atoms with Crippen LogP contribution >= 0.6 is 34.8 Å². The summed E-state index contributed by atoms with van der Waals surface area (Å²) in [5.41, 5.74) is 10.7. The highest BCUT2D eigenvalue weighted by atomic mass is 35.5. The van der Waals surface area contributed by atoms with E-state index in [-0.39, 0.29) is 10.0 Å². The van der Waals surface area contributed by atoms with E-state index in [2.05, 4.69) is 25.5 Å². The van der Waals surface area contributed by atoms with Crippen molar-refractivity contribution < 1.29 is 4.21 Å². The Morgan fingerprint density at radius 2 is 1.79 bits per heavy atom. The molecule has 2 heterocycles. The third-order valence-corrected chi connectivity index (χ3v) is 8.50. The van der Waals surface area contributed by atoms with Gasteiger partial charge in [-0.15, -0.1) is 0 Å². The highest BCUT2D eigenvalue weighted by molar-refractivity contribution is 7.86. The molecule has 0 radical (unpaired) electrons. The fraction of sp³-hybridized carbons (Fsp3) is 0.250. The maximum absolute atomic E-state index is 13.0. The molecule has 2 aromatic heterocycles. The first-order valence-corrected chi connectivity index (χ1v) is 13.2. The SMILES string of the molecule is Cc1cc(-c2cn(C3CCCC3)c3ncnc(N)c23)ccc1NS(=O)c1c(Cl)cc(Cl)cc1Cl. The monoisotopic (exact) mass is 533 g/mol. The van der Waals surface area contributed by atoms with Crippen LogP contribution in [0, 0.1) is 6.92 Å². The van der Waals surface area contributed by atoms with Gasteiger partial charge < -0.3 is 15.0 Å². The fourth-order valence-corrected chi connectivity index (χ4v) is 6.83. The van der Waals surface area contributed by atoms with E-state index in [1.165, 1.54) is 31.3 Å². The van der Waals surface area contributed by atoms with E-state index in [1.54, 1.807) is 0 Å². The number of nitrogens with two attached hydrogens (primary N) is 1. The second-order valence-electron chi connectivity index (χ2n) is 8.44. The van der Waals surface area contributed by atoms with Gasteiger partial charge in [-0.3, -0.25) is 0 Å². The summed E-state index contributed by atoms with van der Waals surface area (Å²) in [6.45, 7) is 1.95. The van der Waals surface area contributed by atoms with E-state index in [0.29, 0.717) is 27.5 Å². The topological polar surface area (TPSA) is 85.8 Å². The van der Waals surface area contributed by atoms with Crippen molar-refractivity contribution in [2.24, 2.45) is 0 Å². The number of rotatable bonds is 5. The van der Waals surface area contributed by atoms with E-state index < -0.39 is 11.0 Å². The van der Waals surface area contributed by atoms with Gasteiger partial charge in [0.1, 0.15) is 17.8 Å². The van der Waals surface area contributed by atoms with Crippen molar-refractivity contribution in [1.29, 1.82) is 0 Å². The average molecular weight is 535 g/mol. The predicted octanol–water partition coefficient (Wildman–Crippen LogP) is 7.20. The summed E-state index contributed by atoms with van der Waals surface area (Å²) in [5.74, 6) is 0.463. The van der Waals surface area contributed by atoms with Crippen LogP contribution in [0.15, 0.2) is 47.8 Å². The minimum absolute atomic E-state index is 0.243. The van der Waals surface area contributed by atoms with E-state index in [1.807, 2.05) is 25.1 Å². The number of anilines is 2. The third kappa shape index (κ3) is 4.26. The zero-order valence-electron chi connectivity index (χ0n) is 18.3. The largest absolute Gasteiger partial charge is 0.383 e. The smallest absolute Gasteiger partial charge is 0.153 e. The second-order valence-corrected chi connectivity index (χ2v) is 10.8. The summed E-state index contributed by atoms with van der Waals surface area (Å²) in [7, 11) is -1.67. The van der Waals surface area contributed by atoms with Crippen molar-refractivity contribution in [2.75, 3.05) is 10.5 Å². The Morgan fingerprint density at radius 1 is 1.09 bits per heavy atom. The molecule has 0 aliphatic heterocycles. The Kier molecular flexibility index (Phi) is 6.46. The molecule has 10 heteroatoms. The maximum atomic E-state index is 13.0. The number of halogens is 3. The number of nitrogens with one attached hydrogen (secondary N) is 1. The van der Waals surface area contributed by atoms with Crippen molar-refractivity contribution in [1.82, 2.24) is 14.5 Å². The van der Waals surface area contributed by atoms with Gasteiger partial charge in [-0.2, -0.15) is 0 Å². The molecule has 1 fully saturated rings. The minimum atomic E-state index is -1.67. The minimum Gasteiger partial charge on any atom is -0.383 e. The second kappa shape index (κ2) is 9.38. The van der Waals surface area contributed by atoms with Crippen LogP contribution < -0.4 is 10.5 Å². The summed E-state index contributed by atoms with van der Waals surface area (Å²) in [4.78, 5) is 9.08. The van der Waals surface area contributed by atoms with E-state index in [0.717, 1.165) is 40.6 Å². The van der Waals surface area contributed by atoms with Crippen LogP contribution in [0.2, 0.25) is 15.1 Å². The quantitative estimate of drug-likeness (QED) is 0.283. The van der Waals surface area contributed by atoms with Gasteiger partial charge >= 0.3 is 0 Å². The van der Waals surface area contributed by atoms with Gasteiger partial charge in [0.2, 0.25) is 0 Å². The van der Waals surface area contributed by atoms with E-state index in [4.69, 9.17) is 40.5 Å². The van der Waals surface area contributed by atoms with Crippen LogP contribution in [0.25, 0.3) is 22.2 Å². The first kappa shape index (κ1) is 23.4. The van der Waals surface area contributed by atoms with Gasteiger partial charge in [0.15, 0.2) is 11.0 Å². The number of nitrogen functional groups attached to an aromatic ring is 1. The Labute approximate surface area is 215 Å². The molecule has 1 atom stereocenters. The normalized spacial score (nSPS) is 15.2. The van der Waals surface area contributed by atoms with Crippen LogP contribution in [0.1, 0.15) is 37.3 Å². The Hall–Kier alpha value is -2.32. The average Bonchev–Trinajstić information content (AvgIpc) is 3.43. The van der Waals surface area contributed by atoms with Crippen LogP contribution in [-0.2, 0) is 11.0 Å². The van der Waals surface area contributed by atoms with Crippen LogP contribution in [0.5, 0.6) is 0 Å². The molecule has 4 aromatic rings. The van der Waals surface area contributed by atoms with Crippen LogP contribution in [-0.4, -0.2) is 18.7 Å². The van der Waals surface area contributed by atoms with Gasteiger partial charge in [0, 0.05) is 28.5 Å². The van der Waals surface area contributed by atoms with Crippen LogP contribution in [0.3, 0.4) is 0 Å². The standard InChI is InChI=1S/C24H22Cl3N5OS/c1-13-8-14(6-7-20(13)31-34(33)22-18(26)9-15(25)10-19(22)27)17-11-32(16-4-2-3-5-16)24-21(17)23(28)29-12-30-24/h6-12,16,31H,2-5H2,1H3,(H2,28,29,30). The molecular weight excluding hydrogens is 513 g/mol. The van der Waals surface area contributed by atoms with Crippen molar-refractivity contribution in [3.8, 4) is 11.1 Å². The summed E-state index contributed by atoms with van der Waals surface area (Å²) in [6.07, 6.45) is 8.37. The highest BCUT2D eigenvalue weighted by Crippen LogP contribution is 2.39. The van der Waals surface area contributed by atoms with Crippen molar-refractivity contribution in [2.45, 2.75) is 43.5 Å². The third-order valence-electron chi connectivity index (χ3n) is 6.25. The lowest BCUT2D eigenvalue weighted by molar-refractivity contribution is 0.532. The summed E-state index contributed by atoms with van der Waals surface area (Å²) in [6, 6.07) is 9.35. The number of aromatic nitrogens is 3. The number of nitrogens with zero attached hydrogens (tertiary/aromatic N) is 3. The number of benzene rings is 2. The number of hydrogen-bond donors (Lipinski definition) is 2. The molecule has 3 N–H and O–H groups in total.